The maximum atomic E-state index is 5.51. The summed E-state index contributed by atoms with van der Waals surface area (Å²) in [6.45, 7) is 0. The maximum Gasteiger partial charge on any atom is 0.193 e. The molecule has 5 nitrogen and oxygen atoms in total. The molecular formula is C5H7N5. The Morgan fingerprint density at radius 2 is 2.50 bits per heavy atom. The zero-order chi connectivity index (χ0) is 6.97. The molecule has 0 spiro atoms. The highest BCUT2D eigenvalue weighted by Crippen LogP contribution is 2.06. The third-order valence-electron chi connectivity index (χ3n) is 1.35. The van der Waals surface area contributed by atoms with Crippen LogP contribution in [0.25, 0.3) is 0 Å². The molecule has 52 valence electrons. The summed E-state index contributed by atoms with van der Waals surface area (Å²) in [5.74, 6) is 6.23. The second kappa shape index (κ2) is 1.74. The molecular weight excluding hydrogens is 130 g/mol. The Morgan fingerprint density at radius 3 is 3.30 bits per heavy atom. The second-order valence-electron chi connectivity index (χ2n) is 2.00. The molecule has 0 radical (unpaired) electrons. The molecule has 0 saturated carbocycles. The van der Waals surface area contributed by atoms with Crippen LogP contribution in [-0.2, 0) is 0 Å². The number of nitrogens with one attached hydrogen (secondary N) is 2. The number of hydrazine groups is 2. The highest BCUT2D eigenvalue weighted by atomic mass is 15.6. The Labute approximate surface area is 57.8 Å². The van der Waals surface area contributed by atoms with Crippen molar-refractivity contribution in [1.29, 1.82) is 0 Å². The molecule has 10 heavy (non-hydrogen) atoms. The summed E-state index contributed by atoms with van der Waals surface area (Å²) in [6, 6.07) is 0. The van der Waals surface area contributed by atoms with Gasteiger partial charge >= 0.3 is 0 Å². The van der Waals surface area contributed by atoms with Crippen molar-refractivity contribution >= 4 is 5.84 Å². The lowest BCUT2D eigenvalue weighted by molar-refractivity contribution is 0.593. The van der Waals surface area contributed by atoms with Gasteiger partial charge in [0.15, 0.2) is 5.84 Å². The number of nitrogens with two attached hydrogens (primary N) is 1. The fourth-order valence-electron chi connectivity index (χ4n) is 0.873. The monoisotopic (exact) mass is 137 g/mol. The molecule has 0 bridgehead atoms. The van der Waals surface area contributed by atoms with Crippen LogP contribution in [0.2, 0.25) is 0 Å². The molecule has 4 N–H and O–H groups in total. The molecule has 2 heterocycles. The van der Waals surface area contributed by atoms with Gasteiger partial charge in [-0.25, -0.2) is 11.4 Å². The molecule has 0 amide bonds. The zero-order valence-electron chi connectivity index (χ0n) is 5.20. The highest BCUT2D eigenvalue weighted by Gasteiger charge is 2.17. The van der Waals surface area contributed by atoms with E-state index < -0.39 is 0 Å². The van der Waals surface area contributed by atoms with Crippen molar-refractivity contribution in [2.45, 2.75) is 0 Å². The molecule has 0 aromatic heterocycles. The molecule has 0 aromatic carbocycles. The van der Waals surface area contributed by atoms with Crippen LogP contribution in [0.5, 0.6) is 0 Å². The van der Waals surface area contributed by atoms with E-state index in [1.165, 1.54) is 5.01 Å². The lowest BCUT2D eigenvalue weighted by Crippen LogP contribution is -2.35. The number of nitrogens with zero attached hydrogens (tertiary/aromatic N) is 2. The first kappa shape index (κ1) is 5.31. The number of rotatable bonds is 0. The lowest BCUT2D eigenvalue weighted by Gasteiger charge is -2.15. The quantitative estimate of drug-likeness (QED) is 0.374. The number of hydrogen-bond acceptors (Lipinski definition) is 5. The van der Waals surface area contributed by atoms with Crippen molar-refractivity contribution in [3.8, 4) is 0 Å². The van der Waals surface area contributed by atoms with Gasteiger partial charge < -0.3 is 0 Å². The summed E-state index contributed by atoms with van der Waals surface area (Å²) >= 11 is 0. The van der Waals surface area contributed by atoms with Crippen molar-refractivity contribution in [3.05, 3.63) is 24.0 Å². The minimum atomic E-state index is 0.711. The molecule has 0 aliphatic carbocycles. The summed E-state index contributed by atoms with van der Waals surface area (Å²) in [4.78, 5) is 0. The summed E-state index contributed by atoms with van der Waals surface area (Å²) in [5.41, 5.74) is 6.32. The second-order valence-corrected chi connectivity index (χ2v) is 2.00. The van der Waals surface area contributed by atoms with Crippen LogP contribution in [0.15, 0.2) is 29.2 Å². The van der Waals surface area contributed by atoms with Crippen molar-refractivity contribution in [2.75, 3.05) is 0 Å². The standard InChI is InChI=1S/C5H7N5/c6-10-3-1-2-4-5(10)8-9-7-4/h1-3,7,9H,6H2. The SMILES string of the molecule is NN1C=CC=C2NNN=C21. The minimum absolute atomic E-state index is 0.711. The zero-order valence-corrected chi connectivity index (χ0v) is 5.20. The molecule has 2 aliphatic rings. The van der Waals surface area contributed by atoms with E-state index in [1.807, 2.05) is 12.2 Å². The fourth-order valence-corrected chi connectivity index (χ4v) is 0.873. The van der Waals surface area contributed by atoms with Crippen LogP contribution < -0.4 is 16.8 Å². The normalized spacial score (nSPS) is 20.7. The number of amidine groups is 1. The molecule has 2 rings (SSSR count). The van der Waals surface area contributed by atoms with E-state index in [-0.39, 0.29) is 0 Å². The topological polar surface area (TPSA) is 65.7 Å². The highest BCUT2D eigenvalue weighted by molar-refractivity contribution is 5.99. The Hall–Kier alpha value is -1.49. The van der Waals surface area contributed by atoms with Crippen LogP contribution in [0.3, 0.4) is 0 Å². The molecule has 0 aromatic rings. The Balaban J connectivity index is 2.39. The fraction of sp³-hybridized carbons (Fsp3) is 0. The van der Waals surface area contributed by atoms with Gasteiger partial charge in [0, 0.05) is 6.20 Å². The van der Waals surface area contributed by atoms with Gasteiger partial charge in [-0.15, -0.1) is 5.10 Å². The van der Waals surface area contributed by atoms with Crippen LogP contribution in [0.1, 0.15) is 0 Å². The first-order valence-electron chi connectivity index (χ1n) is 2.89. The number of allylic oxidation sites excluding steroid dienone is 2. The van der Waals surface area contributed by atoms with E-state index in [2.05, 4.69) is 16.1 Å². The molecule has 0 atom stereocenters. The Kier molecular flexibility index (Phi) is 0.925. The summed E-state index contributed by atoms with van der Waals surface area (Å²) in [6.07, 6.45) is 5.47. The van der Waals surface area contributed by atoms with Gasteiger partial charge in [-0.2, -0.15) is 0 Å². The van der Waals surface area contributed by atoms with Gasteiger partial charge in [0.2, 0.25) is 0 Å². The van der Waals surface area contributed by atoms with Crippen LogP contribution in [0, 0.1) is 0 Å². The number of hydrogen-bond donors (Lipinski definition) is 3. The first-order valence-corrected chi connectivity index (χ1v) is 2.89. The minimum Gasteiger partial charge on any atom is -0.281 e. The summed E-state index contributed by atoms with van der Waals surface area (Å²) in [7, 11) is 0. The number of fused-ring (bicyclic) bond motifs is 1. The molecule has 0 saturated heterocycles. The van der Waals surface area contributed by atoms with E-state index in [9.17, 15) is 0 Å². The summed E-state index contributed by atoms with van der Waals surface area (Å²) < 4.78 is 0. The van der Waals surface area contributed by atoms with E-state index in [1.54, 1.807) is 6.20 Å². The van der Waals surface area contributed by atoms with Gasteiger partial charge in [-0.1, -0.05) is 0 Å². The van der Waals surface area contributed by atoms with E-state index in [0.717, 1.165) is 5.70 Å². The van der Waals surface area contributed by atoms with Crippen molar-refractivity contribution in [1.82, 2.24) is 16.0 Å². The first-order chi connectivity index (χ1) is 4.88. The molecule has 5 heteroatoms. The maximum absolute atomic E-state index is 5.51. The molecule has 0 unspecified atom stereocenters. The largest absolute Gasteiger partial charge is 0.281 e. The van der Waals surface area contributed by atoms with Crippen LogP contribution in [0.4, 0.5) is 0 Å². The van der Waals surface area contributed by atoms with Crippen molar-refractivity contribution in [3.63, 3.8) is 0 Å². The molecule has 0 fully saturated rings. The van der Waals surface area contributed by atoms with Crippen LogP contribution in [-0.4, -0.2) is 10.8 Å². The van der Waals surface area contributed by atoms with E-state index >= 15 is 0 Å². The van der Waals surface area contributed by atoms with Gasteiger partial charge in [-0.3, -0.25) is 10.4 Å². The smallest absolute Gasteiger partial charge is 0.193 e. The summed E-state index contributed by atoms with van der Waals surface area (Å²) in [5, 5.41) is 5.32. The third kappa shape index (κ3) is 0.577. The van der Waals surface area contributed by atoms with Crippen molar-refractivity contribution < 1.29 is 0 Å². The Bertz CT molecular complexity index is 238. The predicted octanol–water partition coefficient (Wildman–Crippen LogP) is -1.01. The number of hydrazone groups is 1. The predicted molar refractivity (Wildman–Crippen MR) is 37.0 cm³/mol. The molecule has 2 aliphatic heterocycles. The van der Waals surface area contributed by atoms with Gasteiger partial charge in [0.25, 0.3) is 0 Å². The van der Waals surface area contributed by atoms with Gasteiger partial charge in [0.1, 0.15) is 5.70 Å². The van der Waals surface area contributed by atoms with Crippen molar-refractivity contribution in [2.24, 2.45) is 10.9 Å². The Morgan fingerprint density at radius 1 is 1.60 bits per heavy atom. The lowest BCUT2D eigenvalue weighted by atomic mass is 10.3. The average Bonchev–Trinajstić information content (AvgIpc) is 2.36. The van der Waals surface area contributed by atoms with Gasteiger partial charge in [0.05, 0.1) is 0 Å². The van der Waals surface area contributed by atoms with E-state index in [0.29, 0.717) is 5.84 Å². The van der Waals surface area contributed by atoms with Crippen LogP contribution >= 0.6 is 0 Å². The van der Waals surface area contributed by atoms with Gasteiger partial charge in [-0.05, 0) is 12.2 Å². The average molecular weight is 137 g/mol. The van der Waals surface area contributed by atoms with E-state index in [4.69, 9.17) is 5.84 Å². The third-order valence-corrected chi connectivity index (χ3v) is 1.35.